The second kappa shape index (κ2) is 43.3. The molecule has 0 bridgehead atoms. The molecule has 684 valence electrons. The van der Waals surface area contributed by atoms with Crippen LogP contribution in [0.4, 0.5) is 0 Å². The molecule has 0 amide bonds. The topological polar surface area (TPSA) is 534 Å². The Balaban J connectivity index is 0.000000383. The molecule has 12 atom stereocenters. The Hall–Kier alpha value is -7.61. The van der Waals surface area contributed by atoms with E-state index < -0.39 is 248 Å². The third-order valence-corrected chi connectivity index (χ3v) is 26.6. The number of methoxy groups -OCH3 is 3. The minimum Gasteiger partial charge on any atom is -0.438 e. The van der Waals surface area contributed by atoms with Crippen molar-refractivity contribution in [3.8, 4) is 0 Å². The number of nitrogens with zero attached hydrogens (tertiary/aromatic N) is 3. The number of rotatable bonds is 32. The molecule has 0 spiro atoms. The number of hydrogen-bond donors (Lipinski definition) is 5. The van der Waals surface area contributed by atoms with E-state index in [-0.39, 0.29) is 5.04 Å². The summed E-state index contributed by atoms with van der Waals surface area (Å²) in [4.78, 5) is 151. The Morgan fingerprint density at radius 3 is 0.802 bits per heavy atom. The second-order valence-corrected chi connectivity index (χ2v) is 45.6. The lowest BCUT2D eigenvalue weighted by atomic mass is 9.98. The van der Waals surface area contributed by atoms with Crippen molar-refractivity contribution in [2.75, 3.05) is 62.1 Å². The Morgan fingerprint density at radius 2 is 0.595 bits per heavy atom. The zero-order chi connectivity index (χ0) is 92.4. The van der Waals surface area contributed by atoms with E-state index in [4.69, 9.17) is 88.4 Å². The van der Waals surface area contributed by atoms with Gasteiger partial charge >= 0.3 is 75.7 Å². The minimum absolute atomic E-state index is 0.220. The Morgan fingerprint density at radius 1 is 0.380 bits per heavy atom. The lowest BCUT2D eigenvalue weighted by Crippen LogP contribution is -2.49. The molecular formula is C75H119N6O36P3Si. The number of esters is 6. The summed E-state index contributed by atoms with van der Waals surface area (Å²) in [5.74, 6) is -0.716. The fraction of sp³-hybridized carbons (Fsp3) is 0.680. The molecule has 3 saturated heterocycles. The van der Waals surface area contributed by atoms with Crippen molar-refractivity contribution in [3.63, 3.8) is 0 Å². The quantitative estimate of drug-likeness (QED) is 0.0130. The van der Waals surface area contributed by atoms with Gasteiger partial charge in [0.15, 0.2) is 27.0 Å². The van der Waals surface area contributed by atoms with Gasteiger partial charge in [0.05, 0.1) is 32.5 Å². The molecule has 46 heteroatoms. The van der Waals surface area contributed by atoms with Crippen LogP contribution in [0.25, 0.3) is 0 Å². The van der Waals surface area contributed by atoms with Gasteiger partial charge in [-0.05, 0) is 161 Å². The lowest BCUT2D eigenvalue weighted by molar-refractivity contribution is -0.163. The predicted octanol–water partition coefficient (Wildman–Crippen LogP) is 7.96. The fourth-order valence-electron chi connectivity index (χ4n) is 9.62. The first-order valence-electron chi connectivity index (χ1n) is 37.7. The Bertz CT molecular complexity index is 4360. The largest absolute Gasteiger partial charge is 0.438 e. The molecule has 42 nitrogen and oxygen atoms in total. The highest BCUT2D eigenvalue weighted by molar-refractivity contribution is 7.57. The van der Waals surface area contributed by atoms with Crippen LogP contribution in [0.1, 0.15) is 164 Å². The number of aliphatic hydroxyl groups excluding tert-OH is 2. The Labute approximate surface area is 700 Å². The van der Waals surface area contributed by atoms with E-state index in [2.05, 4.69) is 35.7 Å². The molecule has 3 aliphatic heterocycles. The van der Waals surface area contributed by atoms with Gasteiger partial charge in [-0.1, -0.05) is 20.8 Å². The third-order valence-electron chi connectivity index (χ3n) is 17.7. The van der Waals surface area contributed by atoms with E-state index in [1.165, 1.54) is 56.6 Å². The molecule has 3 fully saturated rings. The van der Waals surface area contributed by atoms with Crippen LogP contribution in [-0.2, 0) is 131 Å². The van der Waals surface area contributed by atoms with Crippen LogP contribution in [-0.4, -0.2) is 200 Å². The lowest BCUT2D eigenvalue weighted by Gasteiger charge is -2.40. The summed E-state index contributed by atoms with van der Waals surface area (Å²) in [5, 5.41) is 21.2. The summed E-state index contributed by atoms with van der Waals surface area (Å²) in [7, 11) is -11.2. The van der Waals surface area contributed by atoms with Gasteiger partial charge in [0.2, 0.25) is 40.8 Å². The maximum absolute atomic E-state index is 13.8. The van der Waals surface area contributed by atoms with Crippen LogP contribution in [0.15, 0.2) is 101 Å². The van der Waals surface area contributed by atoms with Gasteiger partial charge < -0.3 is 71.5 Å². The average Bonchev–Trinajstić information content (AvgIpc) is 1.68. The van der Waals surface area contributed by atoms with E-state index in [0.717, 1.165) is 50.9 Å². The average molecular weight is 1800 g/mol. The minimum atomic E-state index is -4.25. The van der Waals surface area contributed by atoms with Crippen molar-refractivity contribution in [1.82, 2.24) is 28.7 Å². The molecule has 0 aliphatic carbocycles. The standard InChI is InChI=1S/C29H49N2O12PSi.2C23H35N2O12P/c1-27(2,3)24(33)38-17-40-44(36,41-18-39-25(34)28(4,5)6)16-14-19-21(43-45(11,12)29(7,8)9)22(37-10)23(42-19)31-15-13-20(32)30-26(31)35;2*1-22(2,3)19(28)33-12-35-38(31,36-13-34-20(29)23(4,5)6)11-9-14-16(27)17(32-7)18(37-14)25-10-8-15(26)24-21(25)30/h13-16,19,21-23H,17-18H2,1-12H3,(H,30,32,35);2*8-11,14,16-18,27H,12-13H2,1-7H3,(H,24,26,30)/b16-14+;11-9+;11-9-/t19-,21?,22+,23-;2*14-,16?,17+,18-/m111/s1. The van der Waals surface area contributed by atoms with Gasteiger partial charge in [0.25, 0.3) is 16.7 Å². The number of H-pyrrole nitrogens is 3. The van der Waals surface area contributed by atoms with Crippen molar-refractivity contribution in [2.24, 2.45) is 32.5 Å². The van der Waals surface area contributed by atoms with E-state index >= 15 is 0 Å². The molecule has 3 aromatic rings. The van der Waals surface area contributed by atoms with Crippen LogP contribution in [0.2, 0.25) is 18.1 Å². The van der Waals surface area contributed by atoms with Crippen molar-refractivity contribution >= 4 is 66.9 Å². The molecule has 3 aliphatic rings. The molecular weight excluding hydrogens is 1680 g/mol. The summed E-state index contributed by atoms with van der Waals surface area (Å²) in [6.45, 7) is 35.1. The zero-order valence-electron chi connectivity index (χ0n) is 73.1. The molecule has 3 aromatic heterocycles. The normalized spacial score (nSPS) is 22.2. The summed E-state index contributed by atoms with van der Waals surface area (Å²) < 4.78 is 146. The first-order valence-corrected chi connectivity index (χ1v) is 45.4. The van der Waals surface area contributed by atoms with Gasteiger partial charge in [-0.25, -0.2) is 14.4 Å². The van der Waals surface area contributed by atoms with E-state index in [0.29, 0.717) is 0 Å². The van der Waals surface area contributed by atoms with Crippen molar-refractivity contribution in [3.05, 3.63) is 135 Å². The number of nitrogens with one attached hydrogen (secondary N) is 3. The highest BCUT2D eigenvalue weighted by Gasteiger charge is 2.52. The highest BCUT2D eigenvalue weighted by atomic mass is 31.2. The maximum atomic E-state index is 13.8. The fourth-order valence-corrected chi connectivity index (χ4v) is 14.0. The van der Waals surface area contributed by atoms with Gasteiger partial charge in [-0.15, -0.1) is 0 Å². The summed E-state index contributed by atoms with van der Waals surface area (Å²) in [6.07, 6.45) is -5.67. The van der Waals surface area contributed by atoms with E-state index in [1.54, 1.807) is 125 Å². The molecule has 3 unspecified atom stereocenters. The maximum Gasteiger partial charge on any atom is 0.359 e. The summed E-state index contributed by atoms with van der Waals surface area (Å²) in [5.41, 5.74) is -9.21. The number of hydrogen-bond acceptors (Lipinski definition) is 36. The van der Waals surface area contributed by atoms with Crippen LogP contribution in [0.3, 0.4) is 0 Å². The van der Waals surface area contributed by atoms with Gasteiger partial charge in [0, 0.05) is 75.6 Å². The van der Waals surface area contributed by atoms with Crippen molar-refractivity contribution in [1.29, 1.82) is 0 Å². The molecule has 121 heavy (non-hydrogen) atoms. The van der Waals surface area contributed by atoms with Gasteiger partial charge in [-0.3, -0.25) is 113 Å². The van der Waals surface area contributed by atoms with Crippen LogP contribution in [0.5, 0.6) is 0 Å². The van der Waals surface area contributed by atoms with E-state index in [9.17, 15) is 81.4 Å². The molecule has 5 N–H and O–H groups in total. The number of carbonyl (C=O) groups is 6. The van der Waals surface area contributed by atoms with Crippen LogP contribution >= 0.6 is 22.8 Å². The van der Waals surface area contributed by atoms with Crippen molar-refractivity contribution < 1.29 is 141 Å². The van der Waals surface area contributed by atoms with Crippen LogP contribution < -0.4 is 33.7 Å². The molecule has 0 radical (unpaired) electrons. The number of aromatic nitrogens is 6. The summed E-state index contributed by atoms with van der Waals surface area (Å²) in [6, 6.07) is 3.37. The number of ether oxygens (including phenoxy) is 12. The molecule has 0 aromatic carbocycles. The number of carbonyl (C=O) groups excluding carboxylic acids is 6. The Kier molecular flexibility index (Phi) is 37.9. The number of aliphatic hydroxyl groups is 2. The molecule has 6 heterocycles. The molecule has 6 rings (SSSR count). The first-order chi connectivity index (χ1) is 55.4. The highest BCUT2D eigenvalue weighted by Crippen LogP contribution is 2.54. The summed E-state index contributed by atoms with van der Waals surface area (Å²) >= 11 is 0. The zero-order valence-corrected chi connectivity index (χ0v) is 76.7. The smallest absolute Gasteiger partial charge is 0.359 e. The number of aromatic amines is 3. The van der Waals surface area contributed by atoms with Crippen LogP contribution in [0, 0.1) is 32.5 Å². The third kappa shape index (κ3) is 31.8. The van der Waals surface area contributed by atoms with E-state index in [1.807, 2.05) is 13.1 Å². The predicted molar refractivity (Wildman–Crippen MR) is 431 cm³/mol. The van der Waals surface area contributed by atoms with Gasteiger partial charge in [-0.2, -0.15) is 0 Å². The van der Waals surface area contributed by atoms with Crippen molar-refractivity contribution in [2.45, 2.75) is 237 Å². The van der Waals surface area contributed by atoms with Gasteiger partial charge in [0.1, 0.15) is 54.9 Å². The monoisotopic (exact) mass is 1800 g/mol. The molecule has 0 saturated carbocycles. The first kappa shape index (κ1) is 106. The SMILES string of the molecule is CO[C@H]1C(O)[C@@H](/C=C/P(=O)(OCOC(=O)C(C)(C)C)OCOC(=O)C(C)(C)C)O[C@H]1n1ccc(=O)[nH]c1=O.CO[C@H]1C(O)[C@@H](/C=C\P(=O)(OCOC(=O)C(C)(C)C)OCOC(=O)C(C)(C)C)O[C@H]1n1ccc(=O)[nH]c1=O.CO[C@H]1C(O[Si](C)(C)C(C)(C)C)[C@@H](/C=C/P(=O)(OCOC(=O)C(C)(C)C)OCOC(=O)C(C)(C)C)O[C@H]1n1ccc(=O)[nH]c1=O. The second-order valence-electron chi connectivity index (χ2n) is 35.2.